The third kappa shape index (κ3) is 7.61. The van der Waals surface area contributed by atoms with Gasteiger partial charge in [-0.3, -0.25) is 0 Å². The van der Waals surface area contributed by atoms with E-state index < -0.39 is 0 Å². The minimum Gasteiger partial charge on any atom is -0.208 e. The molecule has 10 rings (SSSR count). The van der Waals surface area contributed by atoms with Crippen LogP contribution < -0.4 is 0 Å². The van der Waals surface area contributed by atoms with Gasteiger partial charge in [0.1, 0.15) is 0 Å². The van der Waals surface area contributed by atoms with E-state index in [9.17, 15) is 0 Å². The molecule has 60 heavy (non-hydrogen) atoms. The average molecular weight is 769 g/mol. The molecule has 0 N–H and O–H groups in total. The molecule has 0 bridgehead atoms. The second-order valence-corrected chi connectivity index (χ2v) is 14.4. The van der Waals surface area contributed by atoms with Crippen molar-refractivity contribution in [2.45, 2.75) is 0 Å². The van der Waals surface area contributed by atoms with Crippen molar-refractivity contribution in [3.8, 4) is 102 Å². The highest BCUT2D eigenvalue weighted by Gasteiger charge is 2.16. The van der Waals surface area contributed by atoms with Gasteiger partial charge in [-0.15, -0.1) is 0 Å². The minimum atomic E-state index is 0.626. The SMILES string of the molecule is c1ccc(-c2nc(-c3ccccc3)nc(-c3ccc(-c4ccc(-c5ccccc5-c5cccc(-c6nc(-c7ccccc7)nc(-c7ccccc7)n6)c5)cc4)cc3)n2)cc1. The van der Waals surface area contributed by atoms with Crippen LogP contribution in [0.1, 0.15) is 0 Å². The Morgan fingerprint density at radius 3 is 0.800 bits per heavy atom. The van der Waals surface area contributed by atoms with Gasteiger partial charge in [0.25, 0.3) is 0 Å². The van der Waals surface area contributed by atoms with Crippen molar-refractivity contribution >= 4 is 0 Å². The third-order valence-corrected chi connectivity index (χ3v) is 10.4. The van der Waals surface area contributed by atoms with Gasteiger partial charge in [-0.05, 0) is 39.4 Å². The average Bonchev–Trinajstić information content (AvgIpc) is 3.35. The van der Waals surface area contributed by atoms with E-state index in [0.29, 0.717) is 34.9 Å². The van der Waals surface area contributed by atoms with Crippen LogP contribution in [0.3, 0.4) is 0 Å². The fourth-order valence-corrected chi connectivity index (χ4v) is 7.34. The molecule has 2 aromatic heterocycles. The molecule has 0 fully saturated rings. The Hall–Kier alpha value is -8.22. The van der Waals surface area contributed by atoms with Gasteiger partial charge in [-0.25, -0.2) is 29.9 Å². The molecule has 0 aliphatic rings. The Bertz CT molecular complexity index is 2930. The molecule has 0 aliphatic heterocycles. The first-order valence-corrected chi connectivity index (χ1v) is 19.9. The van der Waals surface area contributed by atoms with E-state index in [2.05, 4.69) is 97.1 Å². The van der Waals surface area contributed by atoms with Crippen LogP contribution in [0.25, 0.3) is 102 Å². The largest absolute Gasteiger partial charge is 0.208 e. The molecule has 6 nitrogen and oxygen atoms in total. The highest BCUT2D eigenvalue weighted by atomic mass is 15.0. The van der Waals surface area contributed by atoms with Crippen molar-refractivity contribution < 1.29 is 0 Å². The van der Waals surface area contributed by atoms with Crippen LogP contribution in [-0.2, 0) is 0 Å². The number of nitrogens with zero attached hydrogens (tertiary/aromatic N) is 6. The second kappa shape index (κ2) is 16.3. The van der Waals surface area contributed by atoms with E-state index in [1.165, 1.54) is 0 Å². The lowest BCUT2D eigenvalue weighted by molar-refractivity contribution is 1.07. The van der Waals surface area contributed by atoms with Gasteiger partial charge in [0.15, 0.2) is 34.9 Å². The van der Waals surface area contributed by atoms with Crippen LogP contribution in [0, 0.1) is 0 Å². The van der Waals surface area contributed by atoms with E-state index in [-0.39, 0.29) is 0 Å². The van der Waals surface area contributed by atoms with Gasteiger partial charge in [-0.2, -0.15) is 0 Å². The first kappa shape index (κ1) is 36.1. The number of hydrogen-bond acceptors (Lipinski definition) is 6. The summed E-state index contributed by atoms with van der Waals surface area (Å²) < 4.78 is 0. The number of rotatable bonds is 9. The lowest BCUT2D eigenvalue weighted by atomic mass is 9.92. The smallest absolute Gasteiger partial charge is 0.164 e. The van der Waals surface area contributed by atoms with Crippen molar-refractivity contribution in [2.24, 2.45) is 0 Å². The van der Waals surface area contributed by atoms with Gasteiger partial charge in [0.05, 0.1) is 0 Å². The van der Waals surface area contributed by atoms with Gasteiger partial charge >= 0.3 is 0 Å². The summed E-state index contributed by atoms with van der Waals surface area (Å²) in [5.41, 5.74) is 12.3. The lowest BCUT2D eigenvalue weighted by Gasteiger charge is -2.13. The normalized spacial score (nSPS) is 11.0. The predicted molar refractivity (Wildman–Crippen MR) is 242 cm³/mol. The third-order valence-electron chi connectivity index (χ3n) is 10.4. The molecule has 0 aliphatic carbocycles. The highest BCUT2D eigenvalue weighted by Crippen LogP contribution is 2.36. The van der Waals surface area contributed by atoms with Gasteiger partial charge in [-0.1, -0.05) is 212 Å². The predicted octanol–water partition coefficient (Wildman–Crippen LogP) is 13.1. The van der Waals surface area contributed by atoms with Crippen molar-refractivity contribution in [2.75, 3.05) is 0 Å². The van der Waals surface area contributed by atoms with E-state index in [1.807, 2.05) is 121 Å². The fourth-order valence-electron chi connectivity index (χ4n) is 7.34. The summed E-state index contributed by atoms with van der Waals surface area (Å²) in [5, 5.41) is 0. The fraction of sp³-hybridized carbons (Fsp3) is 0. The highest BCUT2D eigenvalue weighted by molar-refractivity contribution is 5.86. The Kier molecular flexibility index (Phi) is 9.84. The molecular weight excluding hydrogens is 733 g/mol. The molecule has 6 heteroatoms. The van der Waals surface area contributed by atoms with Crippen molar-refractivity contribution in [1.82, 2.24) is 29.9 Å². The molecule has 0 atom stereocenters. The molecule has 0 saturated carbocycles. The molecule has 0 amide bonds. The Morgan fingerprint density at radius 1 is 0.167 bits per heavy atom. The molecule has 0 radical (unpaired) electrons. The molecule has 8 aromatic carbocycles. The summed E-state index contributed by atoms with van der Waals surface area (Å²) in [6.07, 6.45) is 0. The van der Waals surface area contributed by atoms with Crippen LogP contribution in [-0.4, -0.2) is 29.9 Å². The van der Waals surface area contributed by atoms with Crippen LogP contribution in [0.4, 0.5) is 0 Å². The van der Waals surface area contributed by atoms with E-state index >= 15 is 0 Å². The molecule has 282 valence electrons. The Labute approximate surface area is 348 Å². The first-order chi connectivity index (χ1) is 29.7. The van der Waals surface area contributed by atoms with Crippen molar-refractivity contribution in [3.63, 3.8) is 0 Å². The summed E-state index contributed by atoms with van der Waals surface area (Å²) in [6.45, 7) is 0. The Balaban J connectivity index is 0.946. The number of benzene rings is 8. The summed E-state index contributed by atoms with van der Waals surface area (Å²) >= 11 is 0. The van der Waals surface area contributed by atoms with Crippen LogP contribution in [0.15, 0.2) is 218 Å². The quantitative estimate of drug-likeness (QED) is 0.145. The topological polar surface area (TPSA) is 77.3 Å². The Morgan fingerprint density at radius 2 is 0.417 bits per heavy atom. The molecule has 0 saturated heterocycles. The van der Waals surface area contributed by atoms with Crippen molar-refractivity contribution in [3.05, 3.63) is 218 Å². The molecular formula is C54H36N6. The molecule has 0 spiro atoms. The molecule has 0 unspecified atom stereocenters. The van der Waals surface area contributed by atoms with Crippen LogP contribution in [0.2, 0.25) is 0 Å². The zero-order chi connectivity index (χ0) is 40.1. The standard InChI is InChI=1S/C54H36N6/c1-5-16-40(17-6-1)49-55-50(41-18-7-2-8-19-41)58-53(57-49)44-34-30-38(31-35-44)37-28-32-39(33-29-37)47-26-13-14-27-48(47)45-24-15-25-46(36-45)54-59-51(42-20-9-3-10-21-42)56-52(60-54)43-22-11-4-12-23-43/h1-36H. The second-order valence-electron chi connectivity index (χ2n) is 14.4. The summed E-state index contributed by atoms with van der Waals surface area (Å²) in [5.74, 6) is 3.83. The first-order valence-electron chi connectivity index (χ1n) is 19.9. The van der Waals surface area contributed by atoms with Crippen molar-refractivity contribution in [1.29, 1.82) is 0 Å². The summed E-state index contributed by atoms with van der Waals surface area (Å²) in [7, 11) is 0. The maximum atomic E-state index is 4.98. The maximum absolute atomic E-state index is 4.98. The van der Waals surface area contributed by atoms with E-state index in [4.69, 9.17) is 29.9 Å². The number of hydrogen-bond donors (Lipinski definition) is 0. The number of aromatic nitrogens is 6. The minimum absolute atomic E-state index is 0.626. The van der Waals surface area contributed by atoms with E-state index in [1.54, 1.807) is 0 Å². The van der Waals surface area contributed by atoms with Gasteiger partial charge < -0.3 is 0 Å². The van der Waals surface area contributed by atoms with Gasteiger partial charge in [0, 0.05) is 33.4 Å². The summed E-state index contributed by atoms with van der Waals surface area (Å²) in [4.78, 5) is 29.5. The lowest BCUT2D eigenvalue weighted by Crippen LogP contribution is -2.00. The summed E-state index contributed by atoms with van der Waals surface area (Å²) in [6, 6.07) is 74.4. The monoisotopic (exact) mass is 768 g/mol. The van der Waals surface area contributed by atoms with E-state index in [0.717, 1.165) is 66.8 Å². The van der Waals surface area contributed by atoms with Crippen LogP contribution >= 0.6 is 0 Å². The zero-order valence-electron chi connectivity index (χ0n) is 32.5. The maximum Gasteiger partial charge on any atom is 0.164 e. The molecule has 10 aromatic rings. The van der Waals surface area contributed by atoms with Crippen LogP contribution in [0.5, 0.6) is 0 Å². The van der Waals surface area contributed by atoms with Gasteiger partial charge in [0.2, 0.25) is 0 Å². The molecule has 2 heterocycles. The zero-order valence-corrected chi connectivity index (χ0v) is 32.5.